The van der Waals surface area contributed by atoms with Gasteiger partial charge in [0.15, 0.2) is 0 Å². The summed E-state index contributed by atoms with van der Waals surface area (Å²) in [5.41, 5.74) is -0.765. The molecule has 4 aromatic rings. The van der Waals surface area contributed by atoms with Crippen molar-refractivity contribution in [1.29, 1.82) is 0 Å². The van der Waals surface area contributed by atoms with E-state index in [1.165, 1.54) is 33.9 Å². The number of carbonyl (C=O) groups excluding carboxylic acids is 1. The molecule has 3 aromatic carbocycles. The van der Waals surface area contributed by atoms with Crippen molar-refractivity contribution in [1.82, 2.24) is 9.47 Å². The van der Waals surface area contributed by atoms with E-state index in [0.29, 0.717) is 42.2 Å². The van der Waals surface area contributed by atoms with Crippen LogP contribution in [0.4, 0.5) is 31.1 Å². The van der Waals surface area contributed by atoms with Crippen LogP contribution in [-0.4, -0.2) is 28.6 Å². The molecule has 11 heteroatoms. The Morgan fingerprint density at radius 2 is 1.63 bits per heavy atom. The Morgan fingerprint density at radius 3 is 2.24 bits per heavy atom. The minimum Gasteiger partial charge on any atom is -0.410 e. The highest BCUT2D eigenvalue weighted by Gasteiger charge is 2.32. The molecular weight excluding hydrogens is 534 g/mol. The van der Waals surface area contributed by atoms with E-state index in [0.717, 1.165) is 12.1 Å². The van der Waals surface area contributed by atoms with Gasteiger partial charge in [-0.3, -0.25) is 0 Å². The maximum atomic E-state index is 14.7. The van der Waals surface area contributed by atoms with Crippen molar-refractivity contribution >= 4 is 28.6 Å². The summed E-state index contributed by atoms with van der Waals surface area (Å²) in [5.74, 6) is -2.71. The molecular formula is C27H21ClF6N2O2. The third kappa shape index (κ3) is 5.45. The molecule has 0 saturated heterocycles. The van der Waals surface area contributed by atoms with Crippen LogP contribution in [0.15, 0.2) is 54.7 Å². The van der Waals surface area contributed by atoms with Crippen molar-refractivity contribution in [2.75, 3.05) is 13.1 Å². The fourth-order valence-electron chi connectivity index (χ4n) is 4.22. The van der Waals surface area contributed by atoms with Crippen LogP contribution in [-0.2, 0) is 12.7 Å². The second-order valence-electron chi connectivity index (χ2n) is 8.44. The van der Waals surface area contributed by atoms with E-state index in [4.69, 9.17) is 16.3 Å². The van der Waals surface area contributed by atoms with Gasteiger partial charge in [0.05, 0.1) is 17.1 Å². The van der Waals surface area contributed by atoms with E-state index in [1.807, 2.05) is 0 Å². The predicted molar refractivity (Wildman–Crippen MR) is 132 cm³/mol. The molecule has 0 unspecified atom stereocenters. The Balaban J connectivity index is 1.86. The van der Waals surface area contributed by atoms with Crippen molar-refractivity contribution in [3.8, 4) is 16.9 Å². The minimum absolute atomic E-state index is 0.0189. The fourth-order valence-corrected chi connectivity index (χ4v) is 4.46. The van der Waals surface area contributed by atoms with Crippen molar-refractivity contribution < 1.29 is 35.9 Å². The molecule has 38 heavy (non-hydrogen) atoms. The zero-order chi connectivity index (χ0) is 27.8. The van der Waals surface area contributed by atoms with Crippen molar-refractivity contribution in [2.24, 2.45) is 0 Å². The highest BCUT2D eigenvalue weighted by Crippen LogP contribution is 2.39. The van der Waals surface area contributed by atoms with E-state index in [1.54, 1.807) is 13.8 Å². The van der Waals surface area contributed by atoms with E-state index in [9.17, 15) is 31.1 Å². The zero-order valence-corrected chi connectivity index (χ0v) is 20.9. The molecule has 1 aromatic heterocycles. The summed E-state index contributed by atoms with van der Waals surface area (Å²) in [4.78, 5) is 14.1. The van der Waals surface area contributed by atoms with Gasteiger partial charge in [0.25, 0.3) is 0 Å². The summed E-state index contributed by atoms with van der Waals surface area (Å²) in [7, 11) is 0. The van der Waals surface area contributed by atoms with Crippen molar-refractivity contribution in [3.63, 3.8) is 0 Å². The van der Waals surface area contributed by atoms with Crippen LogP contribution in [0, 0.1) is 17.5 Å². The SMILES string of the molecule is CCN(CC)C(=O)Oc1ccc2c(ccn2Cc2cc(C(F)(F)F)cc(Cl)c2F)c1-c1cc(F)cc(F)c1. The lowest BCUT2D eigenvalue weighted by atomic mass is 10.00. The van der Waals surface area contributed by atoms with Crippen LogP contribution in [0.2, 0.25) is 5.02 Å². The molecule has 0 aliphatic rings. The molecule has 0 radical (unpaired) electrons. The fraction of sp³-hybridized carbons (Fsp3) is 0.222. The van der Waals surface area contributed by atoms with E-state index in [-0.39, 0.29) is 29.0 Å². The third-order valence-electron chi connectivity index (χ3n) is 6.06. The Morgan fingerprint density at radius 1 is 0.974 bits per heavy atom. The van der Waals surface area contributed by atoms with Gasteiger partial charge < -0.3 is 14.2 Å². The standard InChI is InChI=1S/C27H21ClF6N2O2/c1-3-35(4-2)26(37)38-23-6-5-22-20(24(23)15-10-18(29)13-19(30)11-15)7-8-36(22)14-16-9-17(27(32,33)34)12-21(28)25(16)31/h5-13H,3-4,14H2,1-2H3. The number of rotatable bonds is 6. The molecule has 0 atom stereocenters. The molecule has 4 rings (SSSR count). The van der Waals surface area contributed by atoms with Crippen LogP contribution in [0.3, 0.4) is 0 Å². The molecule has 4 nitrogen and oxygen atoms in total. The van der Waals surface area contributed by atoms with Crippen LogP contribution >= 0.6 is 11.6 Å². The lowest BCUT2D eigenvalue weighted by Gasteiger charge is -2.20. The highest BCUT2D eigenvalue weighted by molar-refractivity contribution is 6.30. The Bertz CT molecular complexity index is 1490. The second-order valence-corrected chi connectivity index (χ2v) is 8.85. The smallest absolute Gasteiger partial charge is 0.410 e. The number of nitrogens with zero attached hydrogens (tertiary/aromatic N) is 2. The normalized spacial score (nSPS) is 11.7. The molecule has 0 aliphatic heterocycles. The van der Waals surface area contributed by atoms with Gasteiger partial charge in [0, 0.05) is 47.4 Å². The number of benzene rings is 3. The van der Waals surface area contributed by atoms with E-state index < -0.39 is 40.3 Å². The molecule has 0 N–H and O–H groups in total. The first-order valence-electron chi connectivity index (χ1n) is 11.5. The number of halogens is 7. The molecule has 1 amide bonds. The number of carbonyl (C=O) groups is 1. The number of alkyl halides is 3. The maximum Gasteiger partial charge on any atom is 0.416 e. The number of amides is 1. The highest BCUT2D eigenvalue weighted by atomic mass is 35.5. The summed E-state index contributed by atoms with van der Waals surface area (Å²) in [6.45, 7) is 3.92. The van der Waals surface area contributed by atoms with Crippen molar-refractivity contribution in [2.45, 2.75) is 26.6 Å². The van der Waals surface area contributed by atoms with E-state index >= 15 is 0 Å². The molecule has 0 aliphatic carbocycles. The number of hydrogen-bond donors (Lipinski definition) is 0. The number of ether oxygens (including phenoxy) is 1. The molecule has 0 saturated carbocycles. The van der Waals surface area contributed by atoms with Gasteiger partial charge in [-0.1, -0.05) is 11.6 Å². The zero-order valence-electron chi connectivity index (χ0n) is 20.2. The van der Waals surface area contributed by atoms with Gasteiger partial charge in [0.2, 0.25) is 0 Å². The van der Waals surface area contributed by atoms with Crippen molar-refractivity contribution in [3.05, 3.63) is 88.3 Å². The first-order chi connectivity index (χ1) is 17.9. The Labute approximate surface area is 219 Å². The van der Waals surface area contributed by atoms with Crippen LogP contribution in [0.25, 0.3) is 22.0 Å². The maximum absolute atomic E-state index is 14.7. The Hall–Kier alpha value is -3.66. The quantitative estimate of drug-likeness (QED) is 0.225. The summed E-state index contributed by atoms with van der Waals surface area (Å²) in [5, 5.41) is -0.300. The average molecular weight is 555 g/mol. The number of aromatic nitrogens is 1. The monoisotopic (exact) mass is 554 g/mol. The number of hydrogen-bond acceptors (Lipinski definition) is 2. The van der Waals surface area contributed by atoms with Crippen LogP contribution in [0.5, 0.6) is 5.75 Å². The van der Waals surface area contributed by atoms with Gasteiger partial charge in [0.1, 0.15) is 23.2 Å². The lowest BCUT2D eigenvalue weighted by Crippen LogP contribution is -2.33. The summed E-state index contributed by atoms with van der Waals surface area (Å²) in [6, 6.07) is 8.48. The average Bonchev–Trinajstić information content (AvgIpc) is 3.23. The molecule has 1 heterocycles. The molecule has 0 bridgehead atoms. The molecule has 0 fully saturated rings. The lowest BCUT2D eigenvalue weighted by molar-refractivity contribution is -0.137. The minimum atomic E-state index is -4.73. The summed E-state index contributed by atoms with van der Waals surface area (Å²) >= 11 is 5.73. The Kier molecular flexibility index (Phi) is 7.64. The topological polar surface area (TPSA) is 34.5 Å². The van der Waals surface area contributed by atoms with Gasteiger partial charge in [-0.25, -0.2) is 18.0 Å². The van der Waals surface area contributed by atoms with Gasteiger partial charge in [-0.15, -0.1) is 0 Å². The second kappa shape index (κ2) is 10.6. The number of fused-ring (bicyclic) bond motifs is 1. The van der Waals surface area contributed by atoms with Crippen LogP contribution in [0.1, 0.15) is 25.0 Å². The molecule has 0 spiro atoms. The van der Waals surface area contributed by atoms with E-state index in [2.05, 4.69) is 0 Å². The molecule has 200 valence electrons. The first kappa shape index (κ1) is 27.4. The third-order valence-corrected chi connectivity index (χ3v) is 6.33. The predicted octanol–water partition coefficient (Wildman–Crippen LogP) is 8.29. The summed E-state index contributed by atoms with van der Waals surface area (Å²) < 4.78 is 89.9. The van der Waals surface area contributed by atoms with Crippen LogP contribution < -0.4 is 4.74 Å². The largest absolute Gasteiger partial charge is 0.416 e. The van der Waals surface area contributed by atoms with Gasteiger partial charge in [-0.2, -0.15) is 13.2 Å². The van der Waals surface area contributed by atoms with Gasteiger partial charge >= 0.3 is 12.3 Å². The van der Waals surface area contributed by atoms with Gasteiger partial charge in [-0.05, 0) is 61.9 Å². The first-order valence-corrected chi connectivity index (χ1v) is 11.9. The summed E-state index contributed by atoms with van der Waals surface area (Å²) in [6.07, 6.45) is -3.93.